The number of aromatic hydroxyl groups is 1. The van der Waals surface area contributed by atoms with Crippen LogP contribution in [-0.4, -0.2) is 47.3 Å². The van der Waals surface area contributed by atoms with Crippen LogP contribution in [0, 0.1) is 0 Å². The SMILES string of the molecule is CCCCN1CCC(NCC(O)c2ccc(O)cc2)CC1. The van der Waals surface area contributed by atoms with Gasteiger partial charge >= 0.3 is 0 Å². The lowest BCUT2D eigenvalue weighted by Crippen LogP contribution is -2.43. The minimum Gasteiger partial charge on any atom is -0.508 e. The summed E-state index contributed by atoms with van der Waals surface area (Å²) in [5, 5.41) is 22.9. The molecule has 1 aromatic rings. The molecule has 1 heterocycles. The Kier molecular flexibility index (Phi) is 6.49. The maximum atomic E-state index is 10.2. The van der Waals surface area contributed by atoms with Gasteiger partial charge in [0.05, 0.1) is 6.10 Å². The van der Waals surface area contributed by atoms with Gasteiger partial charge < -0.3 is 20.4 Å². The highest BCUT2D eigenvalue weighted by atomic mass is 16.3. The van der Waals surface area contributed by atoms with Crippen LogP contribution in [0.25, 0.3) is 0 Å². The zero-order valence-corrected chi connectivity index (χ0v) is 13.0. The fourth-order valence-corrected chi connectivity index (χ4v) is 2.84. The molecule has 1 aliphatic rings. The lowest BCUT2D eigenvalue weighted by Gasteiger charge is -2.32. The molecule has 0 bridgehead atoms. The molecule has 3 N–H and O–H groups in total. The molecule has 0 aromatic heterocycles. The third kappa shape index (κ3) is 5.30. The minimum atomic E-state index is -0.510. The fourth-order valence-electron chi connectivity index (χ4n) is 2.84. The molecular weight excluding hydrogens is 264 g/mol. The van der Waals surface area contributed by atoms with Crippen LogP contribution in [0.1, 0.15) is 44.3 Å². The van der Waals surface area contributed by atoms with Crippen molar-refractivity contribution >= 4 is 0 Å². The Balaban J connectivity index is 1.68. The van der Waals surface area contributed by atoms with Gasteiger partial charge in [-0.25, -0.2) is 0 Å². The summed E-state index contributed by atoms with van der Waals surface area (Å²) in [6, 6.07) is 7.29. The van der Waals surface area contributed by atoms with Gasteiger partial charge in [-0.05, 0) is 56.6 Å². The maximum absolute atomic E-state index is 10.2. The van der Waals surface area contributed by atoms with Crippen LogP contribution in [-0.2, 0) is 0 Å². The number of rotatable bonds is 7. The van der Waals surface area contributed by atoms with E-state index < -0.39 is 6.10 Å². The number of nitrogens with zero attached hydrogens (tertiary/aromatic N) is 1. The van der Waals surface area contributed by atoms with Crippen molar-refractivity contribution in [2.24, 2.45) is 0 Å². The number of piperidine rings is 1. The molecule has 0 aliphatic carbocycles. The van der Waals surface area contributed by atoms with Gasteiger partial charge in [0.15, 0.2) is 0 Å². The highest BCUT2D eigenvalue weighted by Crippen LogP contribution is 2.17. The summed E-state index contributed by atoms with van der Waals surface area (Å²) in [6.45, 7) is 6.35. The average molecular weight is 292 g/mol. The predicted molar refractivity (Wildman–Crippen MR) is 85.4 cm³/mol. The molecule has 1 unspecified atom stereocenters. The molecule has 1 aliphatic heterocycles. The van der Waals surface area contributed by atoms with Crippen molar-refractivity contribution < 1.29 is 10.2 Å². The van der Waals surface area contributed by atoms with Gasteiger partial charge in [-0.15, -0.1) is 0 Å². The zero-order chi connectivity index (χ0) is 15.1. The van der Waals surface area contributed by atoms with E-state index in [0.29, 0.717) is 12.6 Å². The van der Waals surface area contributed by atoms with Crippen molar-refractivity contribution in [1.82, 2.24) is 10.2 Å². The second-order valence-corrected chi connectivity index (χ2v) is 5.99. The first-order valence-electron chi connectivity index (χ1n) is 8.11. The summed E-state index contributed by atoms with van der Waals surface area (Å²) < 4.78 is 0. The number of hydrogen-bond donors (Lipinski definition) is 3. The Hall–Kier alpha value is -1.10. The smallest absolute Gasteiger partial charge is 0.115 e. The maximum Gasteiger partial charge on any atom is 0.115 e. The molecule has 0 radical (unpaired) electrons. The first-order chi connectivity index (χ1) is 10.2. The monoisotopic (exact) mass is 292 g/mol. The van der Waals surface area contributed by atoms with Crippen molar-refractivity contribution in [2.45, 2.75) is 44.8 Å². The lowest BCUT2D eigenvalue weighted by molar-refractivity contribution is 0.151. The summed E-state index contributed by atoms with van der Waals surface area (Å²) in [6.07, 6.45) is 4.36. The number of hydrogen-bond acceptors (Lipinski definition) is 4. The van der Waals surface area contributed by atoms with E-state index in [4.69, 9.17) is 0 Å². The second-order valence-electron chi connectivity index (χ2n) is 5.99. The van der Waals surface area contributed by atoms with Crippen LogP contribution in [0.5, 0.6) is 5.75 Å². The molecule has 1 saturated heterocycles. The van der Waals surface area contributed by atoms with E-state index in [2.05, 4.69) is 17.1 Å². The summed E-state index contributed by atoms with van der Waals surface area (Å²) in [7, 11) is 0. The molecule has 118 valence electrons. The van der Waals surface area contributed by atoms with Crippen LogP contribution >= 0.6 is 0 Å². The van der Waals surface area contributed by atoms with Crippen LogP contribution in [0.2, 0.25) is 0 Å². The summed E-state index contributed by atoms with van der Waals surface area (Å²) in [5.74, 6) is 0.235. The number of benzene rings is 1. The third-order valence-electron chi connectivity index (χ3n) is 4.29. The quantitative estimate of drug-likeness (QED) is 0.722. The molecule has 21 heavy (non-hydrogen) atoms. The Morgan fingerprint density at radius 1 is 1.24 bits per heavy atom. The number of nitrogens with one attached hydrogen (secondary N) is 1. The fraction of sp³-hybridized carbons (Fsp3) is 0.647. The van der Waals surface area contributed by atoms with Crippen LogP contribution in [0.15, 0.2) is 24.3 Å². The van der Waals surface area contributed by atoms with Gasteiger partial charge in [0, 0.05) is 12.6 Å². The van der Waals surface area contributed by atoms with Crippen molar-refractivity contribution in [1.29, 1.82) is 0 Å². The molecule has 4 heteroatoms. The van der Waals surface area contributed by atoms with E-state index in [1.165, 1.54) is 19.4 Å². The van der Waals surface area contributed by atoms with Gasteiger partial charge in [-0.3, -0.25) is 0 Å². The summed E-state index contributed by atoms with van der Waals surface area (Å²) in [5.41, 5.74) is 0.848. The Labute approximate surface area is 127 Å². The minimum absolute atomic E-state index is 0.235. The molecule has 1 atom stereocenters. The largest absolute Gasteiger partial charge is 0.508 e. The van der Waals surface area contributed by atoms with E-state index in [1.807, 2.05) is 0 Å². The summed E-state index contributed by atoms with van der Waals surface area (Å²) >= 11 is 0. The van der Waals surface area contributed by atoms with Crippen molar-refractivity contribution in [3.05, 3.63) is 29.8 Å². The number of unbranched alkanes of at least 4 members (excludes halogenated alkanes) is 1. The highest BCUT2D eigenvalue weighted by molar-refractivity contribution is 5.27. The predicted octanol–water partition coefficient (Wildman–Crippen LogP) is 2.28. The second kappa shape index (κ2) is 8.37. The first-order valence-corrected chi connectivity index (χ1v) is 8.11. The van der Waals surface area contributed by atoms with Crippen LogP contribution < -0.4 is 5.32 Å². The van der Waals surface area contributed by atoms with Crippen molar-refractivity contribution in [3.63, 3.8) is 0 Å². The van der Waals surface area contributed by atoms with Gasteiger partial charge in [0.1, 0.15) is 5.75 Å². The summed E-state index contributed by atoms with van der Waals surface area (Å²) in [4.78, 5) is 2.54. The molecule has 2 rings (SSSR count). The van der Waals surface area contributed by atoms with E-state index >= 15 is 0 Å². The molecule has 1 aromatic carbocycles. The standard InChI is InChI=1S/C17H28N2O2/c1-2-3-10-19-11-8-15(9-12-19)18-13-17(21)14-4-6-16(20)7-5-14/h4-7,15,17-18,20-21H,2-3,8-13H2,1H3. The number of likely N-dealkylation sites (tertiary alicyclic amines) is 1. The van der Waals surface area contributed by atoms with Gasteiger partial charge in [-0.2, -0.15) is 0 Å². The van der Waals surface area contributed by atoms with Gasteiger partial charge in [0.2, 0.25) is 0 Å². The van der Waals surface area contributed by atoms with E-state index in [-0.39, 0.29) is 5.75 Å². The van der Waals surface area contributed by atoms with Gasteiger partial charge in [-0.1, -0.05) is 25.5 Å². The van der Waals surface area contributed by atoms with Crippen LogP contribution in [0.3, 0.4) is 0 Å². The first kappa shape index (κ1) is 16.3. The highest BCUT2D eigenvalue weighted by Gasteiger charge is 2.19. The average Bonchev–Trinajstić information content (AvgIpc) is 2.52. The number of phenolic OH excluding ortho intramolecular Hbond substituents is 1. The zero-order valence-electron chi connectivity index (χ0n) is 13.0. The molecule has 0 amide bonds. The Bertz CT molecular complexity index is 400. The van der Waals surface area contributed by atoms with Crippen molar-refractivity contribution in [2.75, 3.05) is 26.2 Å². The topological polar surface area (TPSA) is 55.7 Å². The van der Waals surface area contributed by atoms with Crippen molar-refractivity contribution in [3.8, 4) is 5.75 Å². The third-order valence-corrected chi connectivity index (χ3v) is 4.29. The van der Waals surface area contributed by atoms with E-state index in [1.54, 1.807) is 24.3 Å². The lowest BCUT2D eigenvalue weighted by atomic mass is 10.0. The number of aliphatic hydroxyl groups is 1. The number of phenols is 1. The molecule has 0 spiro atoms. The Morgan fingerprint density at radius 2 is 1.90 bits per heavy atom. The molecule has 1 fully saturated rings. The molecular formula is C17H28N2O2. The van der Waals surface area contributed by atoms with E-state index in [0.717, 1.165) is 31.5 Å². The van der Waals surface area contributed by atoms with Crippen LogP contribution in [0.4, 0.5) is 0 Å². The molecule has 4 nitrogen and oxygen atoms in total. The Morgan fingerprint density at radius 3 is 2.52 bits per heavy atom. The van der Waals surface area contributed by atoms with Gasteiger partial charge in [0.25, 0.3) is 0 Å². The normalized spacial score (nSPS) is 18.8. The number of aliphatic hydroxyl groups excluding tert-OH is 1. The van der Waals surface area contributed by atoms with E-state index in [9.17, 15) is 10.2 Å². The molecule has 0 saturated carbocycles.